The number of allylic oxidation sites excluding steroid dienone is 3. The maximum Gasteiger partial charge on any atom is 0.0669 e. The van der Waals surface area contributed by atoms with Crippen molar-refractivity contribution in [3.05, 3.63) is 24.3 Å². The second-order valence-corrected chi connectivity index (χ2v) is 4.40. The molecule has 0 spiro atoms. The Balaban J connectivity index is 2.18. The Bertz CT molecular complexity index is 236. The third-order valence-electron chi connectivity index (χ3n) is 3.57. The van der Waals surface area contributed by atoms with E-state index in [2.05, 4.69) is 38.2 Å². The van der Waals surface area contributed by atoms with Crippen LogP contribution in [0.1, 0.15) is 26.7 Å². The van der Waals surface area contributed by atoms with Gasteiger partial charge in [0.05, 0.1) is 6.10 Å². The molecule has 0 aromatic heterocycles. The zero-order chi connectivity index (χ0) is 9.31. The summed E-state index contributed by atoms with van der Waals surface area (Å²) in [7, 11) is 0. The number of hydrogen-bond donors (Lipinski definition) is 0. The number of hydrogen-bond acceptors (Lipinski definition) is 1. The van der Waals surface area contributed by atoms with Crippen molar-refractivity contribution in [3.8, 4) is 0 Å². The highest BCUT2D eigenvalue weighted by molar-refractivity contribution is 5.20. The highest BCUT2D eigenvalue weighted by atomic mass is 16.5. The molecule has 0 aromatic rings. The second-order valence-electron chi connectivity index (χ2n) is 4.40. The summed E-state index contributed by atoms with van der Waals surface area (Å²) in [5.41, 5.74) is 0.227. The molecule has 1 heteroatoms. The van der Waals surface area contributed by atoms with Crippen molar-refractivity contribution in [3.63, 3.8) is 0 Å². The number of ether oxygens (including phenoxy) is 1. The minimum atomic E-state index is 0.227. The van der Waals surface area contributed by atoms with Gasteiger partial charge in [0.2, 0.25) is 0 Å². The molecule has 0 amide bonds. The summed E-state index contributed by atoms with van der Waals surface area (Å²) >= 11 is 0. The Hall–Kier alpha value is -0.560. The van der Waals surface area contributed by atoms with Crippen molar-refractivity contribution in [1.82, 2.24) is 0 Å². The Morgan fingerprint density at radius 1 is 1.38 bits per heavy atom. The number of rotatable bonds is 1. The lowest BCUT2D eigenvalue weighted by molar-refractivity contribution is 0.0162. The van der Waals surface area contributed by atoms with Gasteiger partial charge in [-0.3, -0.25) is 0 Å². The van der Waals surface area contributed by atoms with Gasteiger partial charge in [0.15, 0.2) is 0 Å². The van der Waals surface area contributed by atoms with Crippen molar-refractivity contribution in [2.75, 3.05) is 6.61 Å². The smallest absolute Gasteiger partial charge is 0.0669 e. The van der Waals surface area contributed by atoms with E-state index in [0.717, 1.165) is 6.61 Å². The molecule has 1 heterocycles. The van der Waals surface area contributed by atoms with Gasteiger partial charge in [0.1, 0.15) is 0 Å². The molecule has 3 atom stereocenters. The van der Waals surface area contributed by atoms with Gasteiger partial charge >= 0.3 is 0 Å². The summed E-state index contributed by atoms with van der Waals surface area (Å²) in [6.07, 6.45) is 11.8. The summed E-state index contributed by atoms with van der Waals surface area (Å²) in [5, 5.41) is 0. The van der Waals surface area contributed by atoms with Crippen molar-refractivity contribution < 1.29 is 4.74 Å². The van der Waals surface area contributed by atoms with Crippen LogP contribution in [-0.2, 0) is 4.74 Å². The van der Waals surface area contributed by atoms with E-state index in [1.54, 1.807) is 0 Å². The summed E-state index contributed by atoms with van der Waals surface area (Å²) in [5.74, 6) is 0.598. The molecule has 0 aromatic carbocycles. The van der Waals surface area contributed by atoms with Crippen molar-refractivity contribution in [1.29, 1.82) is 0 Å². The molecule has 1 saturated heterocycles. The van der Waals surface area contributed by atoms with Crippen LogP contribution in [0.25, 0.3) is 0 Å². The molecule has 1 nitrogen and oxygen atoms in total. The Morgan fingerprint density at radius 3 is 2.85 bits per heavy atom. The first-order valence-electron chi connectivity index (χ1n) is 5.21. The Morgan fingerprint density at radius 2 is 2.23 bits per heavy atom. The van der Waals surface area contributed by atoms with Crippen LogP contribution in [0, 0.1) is 11.3 Å². The van der Waals surface area contributed by atoms with Crippen LogP contribution in [0.3, 0.4) is 0 Å². The van der Waals surface area contributed by atoms with Crippen LogP contribution < -0.4 is 0 Å². The lowest BCUT2D eigenvalue weighted by Crippen LogP contribution is -2.36. The average Bonchev–Trinajstić information content (AvgIpc) is 2.63. The van der Waals surface area contributed by atoms with Crippen LogP contribution in [0.2, 0.25) is 0 Å². The minimum absolute atomic E-state index is 0.227. The summed E-state index contributed by atoms with van der Waals surface area (Å²) in [6.45, 7) is 5.54. The second kappa shape index (κ2) is 3.30. The van der Waals surface area contributed by atoms with Crippen LogP contribution in [0.5, 0.6) is 0 Å². The van der Waals surface area contributed by atoms with E-state index in [9.17, 15) is 0 Å². The molecular formula is C12H18O. The first-order chi connectivity index (χ1) is 6.23. The van der Waals surface area contributed by atoms with Crippen LogP contribution >= 0.6 is 0 Å². The van der Waals surface area contributed by atoms with Gasteiger partial charge in [-0.05, 0) is 18.8 Å². The van der Waals surface area contributed by atoms with Crippen molar-refractivity contribution in [2.24, 2.45) is 11.3 Å². The maximum absolute atomic E-state index is 5.78. The summed E-state index contributed by atoms with van der Waals surface area (Å²) < 4.78 is 5.78. The molecule has 3 unspecified atom stereocenters. The molecule has 1 aliphatic heterocycles. The quantitative estimate of drug-likeness (QED) is 0.600. The predicted octanol–water partition coefficient (Wildman–Crippen LogP) is 2.93. The third-order valence-corrected chi connectivity index (χ3v) is 3.57. The van der Waals surface area contributed by atoms with Gasteiger partial charge in [-0.15, -0.1) is 0 Å². The van der Waals surface area contributed by atoms with Gasteiger partial charge in [-0.1, -0.05) is 38.2 Å². The standard InChI is InChI=1S/C12H18O/c1-10-6-3-4-8-12(10,2)11-7-5-9-13-11/h3-4,6,8,10-11H,5,7,9H2,1-2H3. The van der Waals surface area contributed by atoms with Gasteiger partial charge in [-0.2, -0.15) is 0 Å². The third kappa shape index (κ3) is 1.46. The van der Waals surface area contributed by atoms with Crippen LogP contribution in [0.4, 0.5) is 0 Å². The van der Waals surface area contributed by atoms with Crippen LogP contribution in [-0.4, -0.2) is 12.7 Å². The SMILES string of the molecule is CC1C=CC=CC1(C)C1CCCO1. The minimum Gasteiger partial charge on any atom is -0.377 e. The van der Waals surface area contributed by atoms with Crippen molar-refractivity contribution >= 4 is 0 Å². The van der Waals surface area contributed by atoms with E-state index in [0.29, 0.717) is 12.0 Å². The predicted molar refractivity (Wildman–Crippen MR) is 54.5 cm³/mol. The molecule has 1 aliphatic carbocycles. The molecule has 72 valence electrons. The van der Waals surface area contributed by atoms with E-state index < -0.39 is 0 Å². The molecular weight excluding hydrogens is 160 g/mol. The molecule has 2 rings (SSSR count). The summed E-state index contributed by atoms with van der Waals surface area (Å²) in [6, 6.07) is 0. The van der Waals surface area contributed by atoms with E-state index in [4.69, 9.17) is 4.74 Å². The Kier molecular flexibility index (Phi) is 2.29. The molecule has 0 saturated carbocycles. The highest BCUT2D eigenvalue weighted by Crippen LogP contribution is 2.41. The monoisotopic (exact) mass is 178 g/mol. The van der Waals surface area contributed by atoms with Gasteiger partial charge in [0, 0.05) is 12.0 Å². The van der Waals surface area contributed by atoms with E-state index >= 15 is 0 Å². The Labute approximate surface area is 80.5 Å². The largest absolute Gasteiger partial charge is 0.377 e. The molecule has 13 heavy (non-hydrogen) atoms. The first-order valence-corrected chi connectivity index (χ1v) is 5.21. The molecule has 0 bridgehead atoms. The van der Waals surface area contributed by atoms with E-state index in [1.165, 1.54) is 12.8 Å². The van der Waals surface area contributed by atoms with E-state index in [1.807, 2.05) is 0 Å². The fraction of sp³-hybridized carbons (Fsp3) is 0.667. The zero-order valence-corrected chi connectivity index (χ0v) is 8.49. The van der Waals surface area contributed by atoms with Crippen LogP contribution in [0.15, 0.2) is 24.3 Å². The van der Waals surface area contributed by atoms with Gasteiger partial charge < -0.3 is 4.74 Å². The average molecular weight is 178 g/mol. The normalized spacial score (nSPS) is 44.2. The van der Waals surface area contributed by atoms with E-state index in [-0.39, 0.29) is 5.41 Å². The lowest BCUT2D eigenvalue weighted by atomic mass is 9.70. The van der Waals surface area contributed by atoms with Gasteiger partial charge in [-0.25, -0.2) is 0 Å². The molecule has 0 radical (unpaired) electrons. The molecule has 1 fully saturated rings. The van der Waals surface area contributed by atoms with Gasteiger partial charge in [0.25, 0.3) is 0 Å². The highest BCUT2D eigenvalue weighted by Gasteiger charge is 2.39. The fourth-order valence-electron chi connectivity index (χ4n) is 2.32. The lowest BCUT2D eigenvalue weighted by Gasteiger charge is -2.37. The summed E-state index contributed by atoms with van der Waals surface area (Å²) in [4.78, 5) is 0. The zero-order valence-electron chi connectivity index (χ0n) is 8.49. The molecule has 2 aliphatic rings. The first kappa shape index (κ1) is 9.01. The molecule has 0 N–H and O–H groups in total. The fourth-order valence-corrected chi connectivity index (χ4v) is 2.32. The topological polar surface area (TPSA) is 9.23 Å². The van der Waals surface area contributed by atoms with Crippen molar-refractivity contribution in [2.45, 2.75) is 32.8 Å². The maximum atomic E-state index is 5.78.